The number of nitrogen functional groups attached to an aromatic ring is 1. The lowest BCUT2D eigenvalue weighted by Gasteiger charge is -2.20. The van der Waals surface area contributed by atoms with Crippen molar-refractivity contribution in [1.82, 2.24) is 10.2 Å². The van der Waals surface area contributed by atoms with Gasteiger partial charge in [0.25, 0.3) is 5.91 Å². The van der Waals surface area contributed by atoms with Crippen LogP contribution >= 0.6 is 11.3 Å². The van der Waals surface area contributed by atoms with Gasteiger partial charge in [-0.05, 0) is 27.0 Å². The number of nitrogens with two attached hydrogens (primary N) is 1. The van der Waals surface area contributed by atoms with Gasteiger partial charge in [-0.15, -0.1) is 11.3 Å². The highest BCUT2D eigenvalue weighted by atomic mass is 32.1. The molecule has 3 N–H and O–H groups in total. The van der Waals surface area contributed by atoms with E-state index in [1.807, 2.05) is 31.3 Å². The fraction of sp³-hybridized carbons (Fsp3) is 0.400. The summed E-state index contributed by atoms with van der Waals surface area (Å²) in [5.74, 6) is -0.0825. The molecule has 2 aromatic rings. The van der Waals surface area contributed by atoms with Crippen LogP contribution in [-0.2, 0) is 0 Å². The molecule has 0 atom stereocenters. The second-order valence-electron chi connectivity index (χ2n) is 5.17. The molecular weight excluding hydrogens is 270 g/mol. The number of nitrogens with one attached hydrogen (secondary N) is 1. The summed E-state index contributed by atoms with van der Waals surface area (Å²) in [6.07, 6.45) is 0. The van der Waals surface area contributed by atoms with Crippen molar-refractivity contribution in [3.63, 3.8) is 0 Å². The molecule has 1 amide bonds. The van der Waals surface area contributed by atoms with Crippen LogP contribution in [0.25, 0.3) is 10.1 Å². The van der Waals surface area contributed by atoms with Crippen molar-refractivity contribution in [1.29, 1.82) is 0 Å². The van der Waals surface area contributed by atoms with Gasteiger partial charge in [0.2, 0.25) is 0 Å². The van der Waals surface area contributed by atoms with E-state index >= 15 is 0 Å². The fourth-order valence-corrected chi connectivity index (χ4v) is 2.96. The molecule has 1 heterocycles. The van der Waals surface area contributed by atoms with E-state index in [1.54, 1.807) is 0 Å². The minimum absolute atomic E-state index is 0.0825. The Morgan fingerprint density at radius 1 is 1.40 bits per heavy atom. The molecule has 1 aromatic carbocycles. The molecule has 0 aliphatic heterocycles. The molecule has 0 saturated heterocycles. The predicted molar refractivity (Wildman–Crippen MR) is 86.3 cm³/mol. The average Bonchev–Trinajstić information content (AvgIpc) is 2.76. The van der Waals surface area contributed by atoms with Crippen molar-refractivity contribution < 1.29 is 4.79 Å². The molecule has 0 fully saturated rings. The number of likely N-dealkylation sites (N-methyl/N-ethyl adjacent to an activating group) is 1. The Morgan fingerprint density at radius 2 is 2.10 bits per heavy atom. The number of nitrogens with zero attached hydrogens (tertiary/aromatic N) is 1. The monoisotopic (exact) mass is 291 g/mol. The number of benzene rings is 1. The van der Waals surface area contributed by atoms with E-state index < -0.39 is 0 Å². The van der Waals surface area contributed by atoms with Crippen LogP contribution in [0.4, 0.5) is 5.69 Å². The van der Waals surface area contributed by atoms with Gasteiger partial charge in [0.1, 0.15) is 4.88 Å². The quantitative estimate of drug-likeness (QED) is 0.890. The Hall–Kier alpha value is -1.59. The first-order valence-electron chi connectivity index (χ1n) is 6.76. The van der Waals surface area contributed by atoms with Gasteiger partial charge in [0, 0.05) is 29.2 Å². The molecule has 0 bridgehead atoms. The van der Waals surface area contributed by atoms with E-state index in [0.717, 1.165) is 16.6 Å². The maximum atomic E-state index is 12.2. The third kappa shape index (κ3) is 3.11. The normalized spacial score (nSPS) is 11.4. The van der Waals surface area contributed by atoms with Crippen molar-refractivity contribution in [2.75, 3.05) is 25.9 Å². The highest BCUT2D eigenvalue weighted by Gasteiger charge is 2.15. The van der Waals surface area contributed by atoms with Crippen LogP contribution in [0.1, 0.15) is 23.5 Å². The number of thiophene rings is 1. The summed E-state index contributed by atoms with van der Waals surface area (Å²) in [5.41, 5.74) is 6.64. The van der Waals surface area contributed by atoms with E-state index in [4.69, 9.17) is 5.73 Å². The number of hydrogen-bond donors (Lipinski definition) is 2. The maximum Gasteiger partial charge on any atom is 0.263 e. The van der Waals surface area contributed by atoms with Crippen LogP contribution in [-0.4, -0.2) is 37.0 Å². The van der Waals surface area contributed by atoms with Crippen molar-refractivity contribution in [2.24, 2.45) is 0 Å². The number of anilines is 1. The minimum Gasteiger partial charge on any atom is -0.397 e. The summed E-state index contributed by atoms with van der Waals surface area (Å²) in [7, 11) is 2.05. The molecule has 0 radical (unpaired) electrons. The average molecular weight is 291 g/mol. The SMILES string of the molecule is CC(C)N(C)CCNC(=O)c1sc2ccccc2c1N. The molecule has 0 spiro atoms. The smallest absolute Gasteiger partial charge is 0.263 e. The van der Waals surface area contributed by atoms with Crippen LogP contribution < -0.4 is 11.1 Å². The zero-order valence-corrected chi connectivity index (χ0v) is 13.0. The van der Waals surface area contributed by atoms with Gasteiger partial charge >= 0.3 is 0 Å². The predicted octanol–water partition coefficient (Wildman–Crippen LogP) is 2.55. The zero-order chi connectivity index (χ0) is 14.7. The Kier molecular flexibility index (Phi) is 4.62. The molecule has 0 unspecified atom stereocenters. The highest BCUT2D eigenvalue weighted by Crippen LogP contribution is 2.33. The van der Waals surface area contributed by atoms with Crippen LogP contribution in [0.3, 0.4) is 0 Å². The van der Waals surface area contributed by atoms with Gasteiger partial charge in [0.05, 0.1) is 5.69 Å². The number of carbonyl (C=O) groups is 1. The Bertz CT molecular complexity index is 606. The summed E-state index contributed by atoms with van der Waals surface area (Å²) < 4.78 is 1.05. The third-order valence-corrected chi connectivity index (χ3v) is 4.66. The van der Waals surface area contributed by atoms with Crippen LogP contribution in [0.15, 0.2) is 24.3 Å². The number of fused-ring (bicyclic) bond motifs is 1. The molecule has 0 aliphatic carbocycles. The van der Waals surface area contributed by atoms with Crippen molar-refractivity contribution in [3.8, 4) is 0 Å². The lowest BCUT2D eigenvalue weighted by Crippen LogP contribution is -2.36. The van der Waals surface area contributed by atoms with Crippen LogP contribution in [0.2, 0.25) is 0 Å². The summed E-state index contributed by atoms with van der Waals surface area (Å²) >= 11 is 1.45. The Balaban J connectivity index is 2.03. The van der Waals surface area contributed by atoms with E-state index in [-0.39, 0.29) is 5.91 Å². The topological polar surface area (TPSA) is 58.4 Å². The van der Waals surface area contributed by atoms with Crippen molar-refractivity contribution in [3.05, 3.63) is 29.1 Å². The molecule has 1 aromatic heterocycles. The molecule has 0 saturated carbocycles. The molecule has 5 heteroatoms. The van der Waals surface area contributed by atoms with Gasteiger partial charge in [-0.25, -0.2) is 0 Å². The minimum atomic E-state index is -0.0825. The molecule has 20 heavy (non-hydrogen) atoms. The van der Waals surface area contributed by atoms with Gasteiger partial charge in [-0.2, -0.15) is 0 Å². The van der Waals surface area contributed by atoms with Gasteiger partial charge in [0.15, 0.2) is 0 Å². The van der Waals surface area contributed by atoms with Crippen LogP contribution in [0.5, 0.6) is 0 Å². The van der Waals surface area contributed by atoms with Gasteiger partial charge in [-0.3, -0.25) is 4.79 Å². The first-order chi connectivity index (χ1) is 9.50. The number of carbonyl (C=O) groups excluding carboxylic acids is 1. The lowest BCUT2D eigenvalue weighted by atomic mass is 10.2. The largest absolute Gasteiger partial charge is 0.397 e. The highest BCUT2D eigenvalue weighted by molar-refractivity contribution is 7.21. The Labute approximate surface area is 123 Å². The first kappa shape index (κ1) is 14.8. The van der Waals surface area contributed by atoms with Crippen molar-refractivity contribution in [2.45, 2.75) is 19.9 Å². The number of rotatable bonds is 5. The summed E-state index contributed by atoms with van der Waals surface area (Å²) in [6.45, 7) is 5.72. The second kappa shape index (κ2) is 6.24. The fourth-order valence-electron chi connectivity index (χ4n) is 1.92. The molecule has 0 aliphatic rings. The number of amides is 1. The van der Waals surface area contributed by atoms with E-state index in [9.17, 15) is 4.79 Å². The van der Waals surface area contributed by atoms with Gasteiger partial charge in [-0.1, -0.05) is 18.2 Å². The molecule has 4 nitrogen and oxygen atoms in total. The number of hydrogen-bond acceptors (Lipinski definition) is 4. The Morgan fingerprint density at radius 3 is 2.75 bits per heavy atom. The summed E-state index contributed by atoms with van der Waals surface area (Å²) in [6, 6.07) is 8.30. The second-order valence-corrected chi connectivity index (χ2v) is 6.22. The zero-order valence-electron chi connectivity index (χ0n) is 12.1. The van der Waals surface area contributed by atoms with E-state index in [2.05, 4.69) is 24.1 Å². The first-order valence-corrected chi connectivity index (χ1v) is 7.57. The molecule has 108 valence electrons. The van der Waals surface area contributed by atoms with E-state index in [0.29, 0.717) is 23.2 Å². The third-order valence-electron chi connectivity index (χ3n) is 3.47. The maximum absolute atomic E-state index is 12.2. The lowest BCUT2D eigenvalue weighted by molar-refractivity contribution is 0.0953. The van der Waals surface area contributed by atoms with E-state index in [1.165, 1.54) is 11.3 Å². The summed E-state index contributed by atoms with van der Waals surface area (Å²) in [4.78, 5) is 15.0. The standard InChI is InChI=1S/C15H21N3OS/c1-10(2)18(3)9-8-17-15(19)14-13(16)11-6-4-5-7-12(11)20-14/h4-7,10H,8-9,16H2,1-3H3,(H,17,19). The summed E-state index contributed by atoms with van der Waals surface area (Å²) in [5, 5.41) is 3.90. The molecule has 2 rings (SSSR count). The van der Waals surface area contributed by atoms with Crippen LogP contribution in [0, 0.1) is 0 Å². The van der Waals surface area contributed by atoms with Gasteiger partial charge < -0.3 is 16.0 Å². The van der Waals surface area contributed by atoms with Crippen molar-refractivity contribution >= 4 is 33.0 Å². The molecular formula is C15H21N3OS.